The van der Waals surface area contributed by atoms with Crippen molar-refractivity contribution in [2.24, 2.45) is 0 Å². The lowest BCUT2D eigenvalue weighted by atomic mass is 10.4. The Balaban J connectivity index is 1.86. The Morgan fingerprint density at radius 3 is 2.72 bits per heavy atom. The van der Waals surface area contributed by atoms with Crippen LogP contribution in [0, 0.1) is 0 Å². The molecular formula is C12H16N2O4. The summed E-state index contributed by atoms with van der Waals surface area (Å²) in [6.45, 7) is 2.82. The van der Waals surface area contributed by atoms with Crippen molar-refractivity contribution in [2.45, 2.75) is 32.4 Å². The van der Waals surface area contributed by atoms with Gasteiger partial charge >= 0.3 is 12.0 Å². The number of amides is 2. The molecule has 0 aliphatic heterocycles. The lowest BCUT2D eigenvalue weighted by Crippen LogP contribution is -2.40. The van der Waals surface area contributed by atoms with Crippen molar-refractivity contribution in [3.8, 4) is 0 Å². The molecular weight excluding hydrogens is 236 g/mol. The number of nitrogens with one attached hydrogen (secondary N) is 1. The van der Waals surface area contributed by atoms with E-state index in [0.717, 1.165) is 12.8 Å². The van der Waals surface area contributed by atoms with Crippen LogP contribution in [-0.2, 0) is 6.54 Å². The van der Waals surface area contributed by atoms with Gasteiger partial charge in [0, 0.05) is 12.6 Å². The third-order valence-corrected chi connectivity index (χ3v) is 2.88. The van der Waals surface area contributed by atoms with E-state index in [9.17, 15) is 9.59 Å². The fourth-order valence-corrected chi connectivity index (χ4v) is 1.81. The number of hydrogen-bond acceptors (Lipinski definition) is 3. The quantitative estimate of drug-likeness (QED) is 0.835. The van der Waals surface area contributed by atoms with E-state index in [1.807, 2.05) is 6.92 Å². The maximum Gasteiger partial charge on any atom is 0.371 e. The van der Waals surface area contributed by atoms with Gasteiger partial charge in [-0.05, 0) is 31.9 Å². The van der Waals surface area contributed by atoms with Crippen molar-refractivity contribution in [3.63, 3.8) is 0 Å². The molecule has 18 heavy (non-hydrogen) atoms. The zero-order chi connectivity index (χ0) is 13.1. The third-order valence-electron chi connectivity index (χ3n) is 2.88. The van der Waals surface area contributed by atoms with Crippen LogP contribution >= 0.6 is 0 Å². The monoisotopic (exact) mass is 252 g/mol. The first kappa shape index (κ1) is 12.5. The SMILES string of the molecule is CCN(C(=O)NCc1ccc(C(=O)O)o1)C1CC1. The summed E-state index contributed by atoms with van der Waals surface area (Å²) in [5.74, 6) is -0.790. The lowest BCUT2D eigenvalue weighted by Gasteiger charge is -2.20. The number of aromatic carboxylic acids is 1. The van der Waals surface area contributed by atoms with E-state index in [2.05, 4.69) is 5.32 Å². The number of urea groups is 1. The zero-order valence-electron chi connectivity index (χ0n) is 10.2. The van der Waals surface area contributed by atoms with Crippen molar-refractivity contribution < 1.29 is 19.1 Å². The Hall–Kier alpha value is -1.98. The minimum absolute atomic E-state index is 0.117. The molecule has 0 spiro atoms. The first-order valence-corrected chi connectivity index (χ1v) is 5.98. The Kier molecular flexibility index (Phi) is 3.55. The van der Waals surface area contributed by atoms with Gasteiger partial charge in [0.1, 0.15) is 5.76 Å². The molecule has 0 saturated heterocycles. The molecule has 0 aromatic carbocycles. The van der Waals surface area contributed by atoms with Gasteiger partial charge in [0.15, 0.2) is 0 Å². The summed E-state index contributed by atoms with van der Waals surface area (Å²) in [4.78, 5) is 24.2. The van der Waals surface area contributed by atoms with Crippen LogP contribution in [0.25, 0.3) is 0 Å². The summed E-state index contributed by atoms with van der Waals surface area (Å²) in [6.07, 6.45) is 2.12. The molecule has 1 fully saturated rings. The molecule has 1 heterocycles. The van der Waals surface area contributed by atoms with Gasteiger partial charge in [0.25, 0.3) is 0 Å². The molecule has 1 saturated carbocycles. The summed E-state index contributed by atoms with van der Waals surface area (Å²) in [6, 6.07) is 3.16. The molecule has 98 valence electrons. The predicted molar refractivity (Wildman–Crippen MR) is 63.3 cm³/mol. The molecule has 2 N–H and O–H groups in total. The summed E-state index contributed by atoms with van der Waals surface area (Å²) in [5, 5.41) is 11.4. The second-order valence-electron chi connectivity index (χ2n) is 4.25. The van der Waals surface area contributed by atoms with Crippen molar-refractivity contribution in [2.75, 3.05) is 6.54 Å². The van der Waals surface area contributed by atoms with Crippen molar-refractivity contribution in [3.05, 3.63) is 23.7 Å². The largest absolute Gasteiger partial charge is 0.475 e. The second kappa shape index (κ2) is 5.12. The maximum absolute atomic E-state index is 11.8. The van der Waals surface area contributed by atoms with Crippen LogP contribution in [0.1, 0.15) is 36.1 Å². The van der Waals surface area contributed by atoms with Crippen LogP contribution in [0.4, 0.5) is 4.79 Å². The first-order chi connectivity index (χ1) is 8.61. The smallest absolute Gasteiger partial charge is 0.371 e. The summed E-state index contributed by atoms with van der Waals surface area (Å²) >= 11 is 0. The molecule has 2 amide bonds. The Bertz CT molecular complexity index is 451. The number of carboxylic acid groups (broad SMARTS) is 1. The van der Waals surface area contributed by atoms with E-state index >= 15 is 0 Å². The maximum atomic E-state index is 11.8. The molecule has 0 atom stereocenters. The van der Waals surface area contributed by atoms with Gasteiger partial charge in [-0.2, -0.15) is 0 Å². The van der Waals surface area contributed by atoms with Crippen LogP contribution in [0.2, 0.25) is 0 Å². The molecule has 6 heteroatoms. The Labute approximate surface area is 105 Å². The van der Waals surface area contributed by atoms with Gasteiger partial charge in [-0.3, -0.25) is 0 Å². The zero-order valence-corrected chi connectivity index (χ0v) is 10.2. The van der Waals surface area contributed by atoms with Crippen LogP contribution in [-0.4, -0.2) is 34.6 Å². The standard InChI is InChI=1S/C12H16N2O4/c1-2-14(8-3-4-8)12(17)13-7-9-5-6-10(18-9)11(15)16/h5-6,8H,2-4,7H2,1H3,(H,13,17)(H,15,16). The highest BCUT2D eigenvalue weighted by Crippen LogP contribution is 2.26. The van der Waals surface area contributed by atoms with E-state index in [1.54, 1.807) is 11.0 Å². The van der Waals surface area contributed by atoms with Gasteiger partial charge in [-0.1, -0.05) is 0 Å². The molecule has 1 aromatic heterocycles. The Morgan fingerprint density at radius 1 is 1.50 bits per heavy atom. The number of carbonyl (C=O) groups is 2. The van der Waals surface area contributed by atoms with Crippen LogP contribution in [0.3, 0.4) is 0 Å². The number of furan rings is 1. The van der Waals surface area contributed by atoms with Crippen LogP contribution in [0.5, 0.6) is 0 Å². The summed E-state index contributed by atoms with van der Waals surface area (Å²) in [5.41, 5.74) is 0. The number of rotatable bonds is 5. The van der Waals surface area contributed by atoms with E-state index in [0.29, 0.717) is 18.3 Å². The number of carboxylic acids is 1. The number of nitrogens with zero attached hydrogens (tertiary/aromatic N) is 1. The highest BCUT2D eigenvalue weighted by Gasteiger charge is 2.31. The number of hydrogen-bond donors (Lipinski definition) is 2. The molecule has 6 nitrogen and oxygen atoms in total. The minimum atomic E-state index is -1.11. The Morgan fingerprint density at radius 2 is 2.22 bits per heavy atom. The molecule has 1 aromatic rings. The first-order valence-electron chi connectivity index (χ1n) is 5.98. The van der Waals surface area contributed by atoms with E-state index < -0.39 is 5.97 Å². The van der Waals surface area contributed by atoms with E-state index in [-0.39, 0.29) is 18.3 Å². The summed E-state index contributed by atoms with van der Waals surface area (Å²) < 4.78 is 5.05. The van der Waals surface area contributed by atoms with Crippen molar-refractivity contribution in [1.82, 2.24) is 10.2 Å². The molecule has 2 rings (SSSR count). The number of carbonyl (C=O) groups excluding carboxylic acids is 1. The predicted octanol–water partition coefficient (Wildman–Crippen LogP) is 1.67. The molecule has 0 bridgehead atoms. The normalized spacial score (nSPS) is 14.3. The fourth-order valence-electron chi connectivity index (χ4n) is 1.81. The van der Waals surface area contributed by atoms with Gasteiger partial charge < -0.3 is 19.7 Å². The average Bonchev–Trinajstić information content (AvgIpc) is 3.05. The topological polar surface area (TPSA) is 82.8 Å². The second-order valence-corrected chi connectivity index (χ2v) is 4.25. The lowest BCUT2D eigenvalue weighted by molar-refractivity contribution is 0.0660. The third kappa shape index (κ3) is 2.82. The highest BCUT2D eigenvalue weighted by atomic mass is 16.4. The van der Waals surface area contributed by atoms with Gasteiger partial charge in [0.2, 0.25) is 5.76 Å². The average molecular weight is 252 g/mol. The molecule has 0 radical (unpaired) electrons. The highest BCUT2D eigenvalue weighted by molar-refractivity contribution is 5.84. The van der Waals surface area contributed by atoms with Crippen LogP contribution in [0.15, 0.2) is 16.5 Å². The van der Waals surface area contributed by atoms with E-state index in [4.69, 9.17) is 9.52 Å². The van der Waals surface area contributed by atoms with Gasteiger partial charge in [0.05, 0.1) is 6.54 Å². The summed E-state index contributed by atoms with van der Waals surface area (Å²) in [7, 11) is 0. The minimum Gasteiger partial charge on any atom is -0.475 e. The van der Waals surface area contributed by atoms with Gasteiger partial charge in [-0.15, -0.1) is 0 Å². The molecule has 1 aliphatic rings. The van der Waals surface area contributed by atoms with E-state index in [1.165, 1.54) is 6.07 Å². The molecule has 0 unspecified atom stereocenters. The fraction of sp³-hybridized carbons (Fsp3) is 0.500. The van der Waals surface area contributed by atoms with Gasteiger partial charge in [-0.25, -0.2) is 9.59 Å². The van der Waals surface area contributed by atoms with Crippen molar-refractivity contribution >= 4 is 12.0 Å². The van der Waals surface area contributed by atoms with Crippen LogP contribution < -0.4 is 5.32 Å². The molecule has 1 aliphatic carbocycles. The van der Waals surface area contributed by atoms with Crippen molar-refractivity contribution in [1.29, 1.82) is 0 Å².